The molecule has 0 N–H and O–H groups in total. The summed E-state index contributed by atoms with van der Waals surface area (Å²) in [5, 5.41) is 1.34. The van der Waals surface area contributed by atoms with Crippen molar-refractivity contribution >= 4 is 31.9 Å². The van der Waals surface area contributed by atoms with Gasteiger partial charge in [-0.2, -0.15) is 0 Å². The molecule has 112 valence electrons. The summed E-state index contributed by atoms with van der Waals surface area (Å²) >= 11 is 7.14. The first-order valence-corrected chi connectivity index (χ1v) is 8.89. The van der Waals surface area contributed by atoms with Crippen molar-refractivity contribution in [3.63, 3.8) is 0 Å². The van der Waals surface area contributed by atoms with Crippen LogP contribution in [0.5, 0.6) is 5.75 Å². The zero-order valence-corrected chi connectivity index (χ0v) is 15.0. The predicted molar refractivity (Wildman–Crippen MR) is 92.4 cm³/mol. The van der Waals surface area contributed by atoms with Crippen molar-refractivity contribution in [1.82, 2.24) is 0 Å². The summed E-state index contributed by atoms with van der Waals surface area (Å²) in [5.41, 5.74) is 1.51. The van der Waals surface area contributed by atoms with Crippen molar-refractivity contribution in [2.24, 2.45) is 0 Å². The minimum absolute atomic E-state index is 0.167. The molecule has 0 bridgehead atoms. The minimum Gasteiger partial charge on any atom is -0.497 e. The Kier molecular flexibility index (Phi) is 5.82. The van der Waals surface area contributed by atoms with E-state index < -0.39 is 0 Å². The second-order valence-corrected chi connectivity index (χ2v) is 6.18. The summed E-state index contributed by atoms with van der Waals surface area (Å²) in [7, 11) is 1.65. The molecule has 2 rings (SSSR count). The Morgan fingerprint density at radius 3 is 2.38 bits per heavy atom. The maximum absolute atomic E-state index is 14.2. The highest BCUT2D eigenvalue weighted by Crippen LogP contribution is 2.35. The molecule has 0 heterocycles. The van der Waals surface area contributed by atoms with Crippen molar-refractivity contribution in [2.75, 3.05) is 17.8 Å². The van der Waals surface area contributed by atoms with Crippen LogP contribution in [0.3, 0.4) is 0 Å². The van der Waals surface area contributed by atoms with Gasteiger partial charge in [0.05, 0.1) is 7.11 Å². The quantitative estimate of drug-likeness (QED) is 0.596. The number of hydrogen-bond donors (Lipinski definition) is 0. The molecule has 0 aliphatic heterocycles. The Hall–Kier alpha value is -0.870. The Bertz CT molecular complexity index is 597. The van der Waals surface area contributed by atoms with E-state index in [1.54, 1.807) is 13.2 Å². The van der Waals surface area contributed by atoms with Gasteiger partial charge in [-0.25, -0.2) is 4.39 Å². The molecule has 0 atom stereocenters. The SMILES string of the molecule is COc1cccc(CC(CBr)(CBr)c2ccccc2F)c1. The lowest BCUT2D eigenvalue weighted by atomic mass is 9.79. The topological polar surface area (TPSA) is 9.23 Å². The lowest BCUT2D eigenvalue weighted by Crippen LogP contribution is -2.34. The van der Waals surface area contributed by atoms with Gasteiger partial charge in [0.25, 0.3) is 0 Å². The van der Waals surface area contributed by atoms with Gasteiger partial charge < -0.3 is 4.74 Å². The van der Waals surface area contributed by atoms with Crippen LogP contribution in [0.2, 0.25) is 0 Å². The summed E-state index contributed by atoms with van der Waals surface area (Å²) in [5.74, 6) is 0.651. The van der Waals surface area contributed by atoms with E-state index in [0.717, 1.165) is 23.3 Å². The van der Waals surface area contributed by atoms with E-state index in [-0.39, 0.29) is 11.2 Å². The fourth-order valence-corrected chi connectivity index (χ4v) is 4.36. The summed E-state index contributed by atoms with van der Waals surface area (Å²) in [6.07, 6.45) is 0.724. The van der Waals surface area contributed by atoms with Crippen LogP contribution in [0.1, 0.15) is 11.1 Å². The highest BCUT2D eigenvalue weighted by molar-refractivity contribution is 9.09. The Morgan fingerprint density at radius 1 is 1.05 bits per heavy atom. The average molecular weight is 416 g/mol. The predicted octanol–water partition coefficient (Wildman–Crippen LogP) is 5.10. The van der Waals surface area contributed by atoms with E-state index in [4.69, 9.17) is 4.74 Å². The number of halogens is 3. The molecule has 0 spiro atoms. The highest BCUT2D eigenvalue weighted by Gasteiger charge is 2.33. The smallest absolute Gasteiger partial charge is 0.127 e. The van der Waals surface area contributed by atoms with Gasteiger partial charge in [0.1, 0.15) is 11.6 Å². The van der Waals surface area contributed by atoms with Gasteiger partial charge in [0, 0.05) is 16.1 Å². The van der Waals surface area contributed by atoms with Gasteiger partial charge in [-0.05, 0) is 35.7 Å². The lowest BCUT2D eigenvalue weighted by Gasteiger charge is -2.31. The van der Waals surface area contributed by atoms with E-state index in [1.807, 2.05) is 36.4 Å². The van der Waals surface area contributed by atoms with Gasteiger partial charge in [0.2, 0.25) is 0 Å². The second kappa shape index (κ2) is 7.41. The van der Waals surface area contributed by atoms with Gasteiger partial charge in [-0.15, -0.1) is 0 Å². The monoisotopic (exact) mass is 414 g/mol. The third-order valence-electron chi connectivity index (χ3n) is 3.63. The third-order valence-corrected chi connectivity index (χ3v) is 5.78. The number of benzene rings is 2. The van der Waals surface area contributed by atoms with Crippen LogP contribution < -0.4 is 4.74 Å². The summed E-state index contributed by atoms with van der Waals surface area (Å²) in [4.78, 5) is 0. The van der Waals surface area contributed by atoms with Crippen LogP contribution in [0.25, 0.3) is 0 Å². The molecular weight excluding hydrogens is 399 g/mol. The van der Waals surface area contributed by atoms with E-state index >= 15 is 0 Å². The molecule has 4 heteroatoms. The van der Waals surface area contributed by atoms with E-state index in [2.05, 4.69) is 31.9 Å². The number of ether oxygens (including phenoxy) is 1. The Labute approximate surface area is 141 Å². The number of alkyl halides is 2. The molecule has 0 radical (unpaired) electrons. The largest absolute Gasteiger partial charge is 0.497 e. The average Bonchev–Trinajstić information content (AvgIpc) is 2.53. The van der Waals surface area contributed by atoms with E-state index in [1.165, 1.54) is 6.07 Å². The van der Waals surface area contributed by atoms with Crippen molar-refractivity contribution in [1.29, 1.82) is 0 Å². The minimum atomic E-state index is -0.336. The summed E-state index contributed by atoms with van der Waals surface area (Å²) in [6, 6.07) is 14.9. The van der Waals surface area contributed by atoms with Crippen LogP contribution in [-0.2, 0) is 11.8 Å². The molecule has 0 aliphatic rings. The molecule has 0 aliphatic carbocycles. The lowest BCUT2D eigenvalue weighted by molar-refractivity contribution is 0.413. The first-order valence-electron chi connectivity index (χ1n) is 6.65. The fourth-order valence-electron chi connectivity index (χ4n) is 2.43. The fraction of sp³-hybridized carbons (Fsp3) is 0.294. The summed E-state index contributed by atoms with van der Waals surface area (Å²) in [6.45, 7) is 0. The highest BCUT2D eigenvalue weighted by atomic mass is 79.9. The summed E-state index contributed by atoms with van der Waals surface area (Å²) < 4.78 is 19.5. The standard InChI is InChI=1S/C17H17Br2FO/c1-21-14-6-4-5-13(9-14)10-17(11-18,12-19)15-7-2-3-8-16(15)20/h2-9H,10-12H2,1H3. The van der Waals surface area contributed by atoms with Crippen LogP contribution in [0, 0.1) is 5.82 Å². The van der Waals surface area contributed by atoms with Gasteiger partial charge >= 0.3 is 0 Å². The molecule has 21 heavy (non-hydrogen) atoms. The van der Waals surface area contributed by atoms with E-state index in [0.29, 0.717) is 10.7 Å². The first kappa shape index (κ1) is 16.5. The maximum Gasteiger partial charge on any atom is 0.127 e. The zero-order valence-electron chi connectivity index (χ0n) is 11.8. The Morgan fingerprint density at radius 2 is 1.76 bits per heavy atom. The molecule has 1 nitrogen and oxygen atoms in total. The normalized spacial score (nSPS) is 11.4. The number of hydrogen-bond acceptors (Lipinski definition) is 1. The van der Waals surface area contributed by atoms with Gasteiger partial charge in [-0.1, -0.05) is 62.2 Å². The third kappa shape index (κ3) is 3.67. The van der Waals surface area contributed by atoms with Crippen molar-refractivity contribution in [3.8, 4) is 5.75 Å². The van der Waals surface area contributed by atoms with Crippen LogP contribution in [0.15, 0.2) is 48.5 Å². The van der Waals surface area contributed by atoms with Gasteiger partial charge in [0.15, 0.2) is 0 Å². The molecule has 2 aromatic carbocycles. The van der Waals surface area contributed by atoms with Crippen LogP contribution in [-0.4, -0.2) is 17.8 Å². The molecule has 2 aromatic rings. The van der Waals surface area contributed by atoms with Crippen molar-refractivity contribution < 1.29 is 9.13 Å². The molecule has 0 aromatic heterocycles. The molecular formula is C17H17Br2FO. The van der Waals surface area contributed by atoms with E-state index in [9.17, 15) is 4.39 Å². The van der Waals surface area contributed by atoms with Crippen LogP contribution >= 0.6 is 31.9 Å². The molecule has 0 fully saturated rings. The molecule has 0 amide bonds. The first-order chi connectivity index (χ1) is 10.1. The van der Waals surface area contributed by atoms with Crippen molar-refractivity contribution in [2.45, 2.75) is 11.8 Å². The van der Waals surface area contributed by atoms with Crippen molar-refractivity contribution in [3.05, 3.63) is 65.5 Å². The van der Waals surface area contributed by atoms with Gasteiger partial charge in [-0.3, -0.25) is 0 Å². The molecule has 0 unspecified atom stereocenters. The Balaban J connectivity index is 2.40. The number of methoxy groups -OCH3 is 1. The maximum atomic E-state index is 14.2. The van der Waals surface area contributed by atoms with Crippen LogP contribution in [0.4, 0.5) is 4.39 Å². The number of rotatable bonds is 6. The zero-order chi connectivity index (χ0) is 15.3. The molecule has 0 saturated carbocycles. The second-order valence-electron chi connectivity index (χ2n) is 5.06. The molecule has 0 saturated heterocycles.